The molecule has 1 aliphatic rings. The molecule has 0 fully saturated rings. The quantitative estimate of drug-likeness (QED) is 0.477. The summed E-state index contributed by atoms with van der Waals surface area (Å²) in [4.78, 5) is 32.8. The van der Waals surface area contributed by atoms with Gasteiger partial charge in [0.2, 0.25) is 0 Å². The Bertz CT molecular complexity index is 1420. The smallest absolute Gasteiger partial charge is 0.261 e. The number of hydrogen-bond acceptors (Lipinski definition) is 3. The van der Waals surface area contributed by atoms with E-state index in [1.165, 1.54) is 0 Å². The number of para-hydroxylation sites is 1. The molecule has 0 saturated carbocycles. The van der Waals surface area contributed by atoms with E-state index in [4.69, 9.17) is 4.98 Å². The number of nitrogens with zero attached hydrogens (tertiary/aromatic N) is 3. The van der Waals surface area contributed by atoms with Gasteiger partial charge in [0.05, 0.1) is 28.7 Å². The maximum atomic E-state index is 13.4. The first-order valence-corrected chi connectivity index (χ1v) is 10.2. The lowest BCUT2D eigenvalue weighted by atomic mass is 10.0. The molecule has 1 amide bonds. The predicted octanol–water partition coefficient (Wildman–Crippen LogP) is 4.27. The molecule has 0 N–H and O–H groups in total. The van der Waals surface area contributed by atoms with Crippen LogP contribution in [0.5, 0.6) is 0 Å². The average molecular weight is 407 g/mol. The number of aryl methyl sites for hydroxylation is 1. The zero-order valence-electron chi connectivity index (χ0n) is 17.4. The number of benzene rings is 3. The zero-order chi connectivity index (χ0) is 21.5. The number of aromatic nitrogens is 2. The van der Waals surface area contributed by atoms with Crippen LogP contribution in [0.25, 0.3) is 22.6 Å². The molecule has 3 aromatic carbocycles. The third-order valence-electron chi connectivity index (χ3n) is 5.69. The summed E-state index contributed by atoms with van der Waals surface area (Å²) in [6.45, 7) is 2.38. The highest BCUT2D eigenvalue weighted by atomic mass is 16.2. The molecule has 152 valence electrons. The van der Waals surface area contributed by atoms with Gasteiger partial charge in [-0.1, -0.05) is 54.1 Å². The van der Waals surface area contributed by atoms with Crippen molar-refractivity contribution in [1.29, 1.82) is 0 Å². The van der Waals surface area contributed by atoms with Gasteiger partial charge < -0.3 is 4.90 Å². The highest BCUT2D eigenvalue weighted by molar-refractivity contribution is 6.35. The van der Waals surface area contributed by atoms with Crippen LogP contribution >= 0.6 is 0 Å². The van der Waals surface area contributed by atoms with Crippen LogP contribution in [0.2, 0.25) is 0 Å². The van der Waals surface area contributed by atoms with Crippen molar-refractivity contribution < 1.29 is 4.79 Å². The lowest BCUT2D eigenvalue weighted by molar-refractivity contribution is -0.112. The molecule has 5 heteroatoms. The maximum Gasteiger partial charge on any atom is 0.261 e. The monoisotopic (exact) mass is 407 g/mol. The Morgan fingerprint density at radius 3 is 2.48 bits per heavy atom. The van der Waals surface area contributed by atoms with Gasteiger partial charge in [0.1, 0.15) is 5.82 Å². The van der Waals surface area contributed by atoms with E-state index in [-0.39, 0.29) is 11.5 Å². The Hall–Kier alpha value is -3.99. The molecule has 1 aromatic heterocycles. The van der Waals surface area contributed by atoms with Crippen LogP contribution < -0.4 is 10.5 Å². The van der Waals surface area contributed by atoms with Crippen molar-refractivity contribution in [2.45, 2.75) is 13.5 Å². The van der Waals surface area contributed by atoms with Crippen molar-refractivity contribution in [3.8, 4) is 0 Å². The SMILES string of the molecule is Cc1ccc2c(c1)C(=Cc1nc3ccccc3c(=O)n1Cc1ccccc1)C(=O)N2C. The summed E-state index contributed by atoms with van der Waals surface area (Å²) in [5.74, 6) is 0.368. The number of fused-ring (bicyclic) bond motifs is 2. The summed E-state index contributed by atoms with van der Waals surface area (Å²) in [6.07, 6.45) is 1.75. The minimum atomic E-state index is -0.121. The van der Waals surface area contributed by atoms with Crippen LogP contribution in [0.1, 0.15) is 22.5 Å². The normalized spacial score (nSPS) is 14.5. The number of carbonyl (C=O) groups excluding carboxylic acids is 1. The lowest BCUT2D eigenvalue weighted by Gasteiger charge is -2.12. The van der Waals surface area contributed by atoms with E-state index in [1.54, 1.807) is 28.7 Å². The fourth-order valence-corrected chi connectivity index (χ4v) is 4.05. The van der Waals surface area contributed by atoms with E-state index in [9.17, 15) is 9.59 Å². The van der Waals surface area contributed by atoms with Crippen LogP contribution in [0.3, 0.4) is 0 Å². The number of carbonyl (C=O) groups is 1. The lowest BCUT2D eigenvalue weighted by Crippen LogP contribution is -2.25. The Labute approximate surface area is 179 Å². The molecular weight excluding hydrogens is 386 g/mol. The molecule has 0 aliphatic carbocycles. The van der Waals surface area contributed by atoms with Gasteiger partial charge in [-0.25, -0.2) is 4.98 Å². The van der Waals surface area contributed by atoms with E-state index in [2.05, 4.69) is 0 Å². The highest BCUT2D eigenvalue weighted by Crippen LogP contribution is 2.37. The Kier molecular flexibility index (Phi) is 4.51. The topological polar surface area (TPSA) is 55.2 Å². The van der Waals surface area contributed by atoms with E-state index in [0.29, 0.717) is 28.8 Å². The van der Waals surface area contributed by atoms with Gasteiger partial charge in [-0.2, -0.15) is 0 Å². The van der Waals surface area contributed by atoms with Gasteiger partial charge in [0, 0.05) is 12.6 Å². The summed E-state index contributed by atoms with van der Waals surface area (Å²) in [6, 6.07) is 23.1. The summed E-state index contributed by atoms with van der Waals surface area (Å²) in [7, 11) is 1.77. The Morgan fingerprint density at radius 2 is 1.68 bits per heavy atom. The van der Waals surface area contributed by atoms with Crippen molar-refractivity contribution in [2.24, 2.45) is 0 Å². The van der Waals surface area contributed by atoms with Gasteiger partial charge in [-0.3, -0.25) is 14.2 Å². The molecule has 0 saturated heterocycles. The number of amides is 1. The molecule has 1 aliphatic heterocycles. The molecule has 0 spiro atoms. The van der Waals surface area contributed by atoms with Crippen molar-refractivity contribution in [2.75, 3.05) is 11.9 Å². The van der Waals surface area contributed by atoms with Gasteiger partial charge in [0.15, 0.2) is 0 Å². The molecule has 31 heavy (non-hydrogen) atoms. The summed E-state index contributed by atoms with van der Waals surface area (Å²) < 4.78 is 1.64. The van der Waals surface area contributed by atoms with Gasteiger partial charge >= 0.3 is 0 Å². The third-order valence-corrected chi connectivity index (χ3v) is 5.69. The first-order chi connectivity index (χ1) is 15.0. The van der Waals surface area contributed by atoms with Crippen LogP contribution in [0.4, 0.5) is 5.69 Å². The number of hydrogen-bond donors (Lipinski definition) is 0. The highest BCUT2D eigenvalue weighted by Gasteiger charge is 2.30. The summed E-state index contributed by atoms with van der Waals surface area (Å²) >= 11 is 0. The first-order valence-electron chi connectivity index (χ1n) is 10.2. The number of anilines is 1. The van der Waals surface area contributed by atoms with E-state index in [1.807, 2.05) is 73.7 Å². The van der Waals surface area contributed by atoms with Crippen molar-refractivity contribution in [3.05, 3.63) is 106 Å². The van der Waals surface area contributed by atoms with Crippen molar-refractivity contribution in [1.82, 2.24) is 9.55 Å². The second-order valence-corrected chi connectivity index (χ2v) is 7.81. The fraction of sp³-hybridized carbons (Fsp3) is 0.115. The van der Waals surface area contributed by atoms with E-state index < -0.39 is 0 Å². The Balaban J connectivity index is 1.75. The molecule has 5 nitrogen and oxygen atoms in total. The number of rotatable bonds is 3. The van der Waals surface area contributed by atoms with Crippen LogP contribution in [-0.2, 0) is 11.3 Å². The maximum absolute atomic E-state index is 13.4. The molecule has 0 bridgehead atoms. The standard InChI is InChI=1S/C26H21N3O2/c1-17-12-13-23-20(14-17)21(25(30)28(23)2)15-24-27-22-11-7-6-10-19(22)26(31)29(24)16-18-8-4-3-5-9-18/h3-15H,16H2,1-2H3. The van der Waals surface area contributed by atoms with Crippen LogP contribution in [-0.4, -0.2) is 22.5 Å². The number of likely N-dealkylation sites (N-methyl/N-ethyl adjacent to an activating group) is 1. The third kappa shape index (κ3) is 3.24. The van der Waals surface area contributed by atoms with Crippen molar-refractivity contribution >= 4 is 34.1 Å². The van der Waals surface area contributed by atoms with Gasteiger partial charge in [-0.05, 0) is 42.8 Å². The van der Waals surface area contributed by atoms with Crippen LogP contribution in [0.15, 0.2) is 77.6 Å². The van der Waals surface area contributed by atoms with Gasteiger partial charge in [0.25, 0.3) is 11.5 Å². The molecule has 2 heterocycles. The largest absolute Gasteiger partial charge is 0.311 e. The van der Waals surface area contributed by atoms with E-state index in [0.717, 1.165) is 22.4 Å². The first kappa shape index (κ1) is 19.0. The minimum Gasteiger partial charge on any atom is -0.311 e. The molecular formula is C26H21N3O2. The Morgan fingerprint density at radius 1 is 0.935 bits per heavy atom. The second kappa shape index (κ2) is 7.36. The molecule has 0 unspecified atom stereocenters. The summed E-state index contributed by atoms with van der Waals surface area (Å²) in [5.41, 5.74) is 4.83. The average Bonchev–Trinajstić information content (AvgIpc) is 3.01. The predicted molar refractivity (Wildman–Crippen MR) is 124 cm³/mol. The minimum absolute atomic E-state index is 0.103. The fourth-order valence-electron chi connectivity index (χ4n) is 4.05. The molecule has 4 aromatic rings. The summed E-state index contributed by atoms with van der Waals surface area (Å²) in [5, 5.41) is 0.562. The zero-order valence-corrected chi connectivity index (χ0v) is 17.4. The molecule has 0 radical (unpaired) electrons. The van der Waals surface area contributed by atoms with Crippen LogP contribution in [0, 0.1) is 6.92 Å². The molecule has 0 atom stereocenters. The van der Waals surface area contributed by atoms with Crippen molar-refractivity contribution in [3.63, 3.8) is 0 Å². The van der Waals surface area contributed by atoms with Gasteiger partial charge in [-0.15, -0.1) is 0 Å². The van der Waals surface area contributed by atoms with E-state index >= 15 is 0 Å². The molecule has 5 rings (SSSR count). The second-order valence-electron chi connectivity index (χ2n) is 7.81.